The Kier molecular flexibility index (Phi) is 6.01. The highest BCUT2D eigenvalue weighted by Crippen LogP contribution is 2.22. The lowest BCUT2D eigenvalue weighted by atomic mass is 10.0. The topological polar surface area (TPSA) is 71.4 Å². The minimum atomic E-state index is -0.163. The van der Waals surface area contributed by atoms with Crippen LogP contribution in [0.1, 0.15) is 32.9 Å². The molecule has 1 atom stereocenters. The number of rotatable bonds is 4. The van der Waals surface area contributed by atoms with Crippen molar-refractivity contribution in [2.24, 2.45) is 0 Å². The number of hydrogen-bond acceptors (Lipinski definition) is 4. The summed E-state index contributed by atoms with van der Waals surface area (Å²) < 4.78 is 2.10. The van der Waals surface area contributed by atoms with E-state index in [1.807, 2.05) is 0 Å². The number of piperidine rings is 1. The average molecular weight is 442 g/mol. The highest BCUT2D eigenvalue weighted by Gasteiger charge is 2.26. The maximum atomic E-state index is 12.9. The van der Waals surface area contributed by atoms with Gasteiger partial charge >= 0.3 is 0 Å². The number of likely N-dealkylation sites (tertiary alicyclic amines) is 1. The summed E-state index contributed by atoms with van der Waals surface area (Å²) in [6.07, 6.45) is 3.34. The number of pyridine rings is 1. The first kappa shape index (κ1) is 20.4. The lowest BCUT2D eigenvalue weighted by Crippen LogP contribution is -2.49. The summed E-state index contributed by atoms with van der Waals surface area (Å²) in [5, 5.41) is 3.00. The monoisotopic (exact) mass is 441 g/mol. The third kappa shape index (κ3) is 4.47. The van der Waals surface area contributed by atoms with Crippen LogP contribution in [0.2, 0.25) is 4.34 Å². The largest absolute Gasteiger partial charge is 0.347 e. The van der Waals surface area contributed by atoms with E-state index in [0.717, 1.165) is 12.8 Å². The van der Waals surface area contributed by atoms with Crippen molar-refractivity contribution in [1.82, 2.24) is 14.8 Å². The van der Waals surface area contributed by atoms with Gasteiger partial charge in [0.25, 0.3) is 17.4 Å². The van der Waals surface area contributed by atoms with E-state index >= 15 is 0 Å². The van der Waals surface area contributed by atoms with Gasteiger partial charge in [-0.2, -0.15) is 0 Å². The van der Waals surface area contributed by atoms with E-state index in [-0.39, 0.29) is 23.4 Å². The van der Waals surface area contributed by atoms with Crippen molar-refractivity contribution in [3.05, 3.63) is 85.9 Å². The lowest BCUT2D eigenvalue weighted by molar-refractivity contribution is 0.0676. The van der Waals surface area contributed by atoms with Crippen molar-refractivity contribution < 1.29 is 9.59 Å². The Morgan fingerprint density at radius 1 is 1.07 bits per heavy atom. The van der Waals surface area contributed by atoms with Crippen LogP contribution in [0.4, 0.5) is 0 Å². The molecule has 1 aliphatic heterocycles. The van der Waals surface area contributed by atoms with Crippen LogP contribution in [-0.4, -0.2) is 40.4 Å². The molecule has 1 fully saturated rings. The smallest absolute Gasteiger partial charge is 0.261 e. The molecular weight excluding hydrogens is 422 g/mol. The highest BCUT2D eigenvalue weighted by atomic mass is 35.5. The predicted molar refractivity (Wildman–Crippen MR) is 118 cm³/mol. The maximum absolute atomic E-state index is 12.9. The number of hydrogen-bond donors (Lipinski definition) is 1. The Morgan fingerprint density at radius 3 is 2.57 bits per heavy atom. The molecule has 1 N–H and O–H groups in total. The second-order valence-corrected chi connectivity index (χ2v) is 8.84. The van der Waals surface area contributed by atoms with Gasteiger partial charge in [-0.05, 0) is 55.3 Å². The molecule has 3 aromatic rings. The molecule has 3 heterocycles. The minimum Gasteiger partial charge on any atom is -0.347 e. The molecule has 154 valence electrons. The van der Waals surface area contributed by atoms with Gasteiger partial charge in [0.15, 0.2) is 0 Å². The van der Waals surface area contributed by atoms with Crippen molar-refractivity contribution in [3.8, 4) is 5.69 Å². The first-order chi connectivity index (χ1) is 14.5. The third-order valence-corrected chi connectivity index (χ3v) is 6.29. The van der Waals surface area contributed by atoms with Crippen LogP contribution in [0, 0.1) is 0 Å². The summed E-state index contributed by atoms with van der Waals surface area (Å²) >= 11 is 7.14. The zero-order valence-electron chi connectivity index (χ0n) is 16.1. The molecule has 4 rings (SSSR count). The number of thiophene rings is 1. The van der Waals surface area contributed by atoms with Gasteiger partial charge < -0.3 is 10.2 Å². The standard InChI is InChI=1S/C22H20ClN3O3S/c23-19-11-10-18(30-19)21(28)24-16-4-3-12-25(14-16)22(29)15-6-8-17(9-7-15)26-13-2-1-5-20(26)27/h1-2,5-11,13,16H,3-4,12,14H2,(H,24,28). The number of carbonyl (C=O) groups is 2. The summed E-state index contributed by atoms with van der Waals surface area (Å²) in [6, 6.07) is 15.3. The van der Waals surface area contributed by atoms with Crippen LogP contribution in [0.15, 0.2) is 65.6 Å². The summed E-state index contributed by atoms with van der Waals surface area (Å²) in [7, 11) is 0. The molecule has 2 aromatic heterocycles. The van der Waals surface area contributed by atoms with Crippen molar-refractivity contribution >= 4 is 34.8 Å². The molecule has 0 saturated carbocycles. The third-order valence-electron chi connectivity index (χ3n) is 5.06. The van der Waals surface area contributed by atoms with Gasteiger partial charge in [-0.3, -0.25) is 19.0 Å². The Balaban J connectivity index is 1.42. The SMILES string of the molecule is O=C(NC1CCCN(C(=O)c2ccc(-n3ccccc3=O)cc2)C1)c1ccc(Cl)s1. The number of nitrogens with zero attached hydrogens (tertiary/aromatic N) is 2. The van der Waals surface area contributed by atoms with Crippen molar-refractivity contribution in [1.29, 1.82) is 0 Å². The molecule has 1 aromatic carbocycles. The molecule has 1 aliphatic rings. The Labute approximate surface area is 182 Å². The molecule has 2 amide bonds. The van der Waals surface area contributed by atoms with E-state index in [1.54, 1.807) is 59.6 Å². The fourth-order valence-corrected chi connectivity index (χ4v) is 4.51. The first-order valence-corrected chi connectivity index (χ1v) is 10.8. The van der Waals surface area contributed by atoms with E-state index in [0.29, 0.717) is 33.6 Å². The molecule has 8 heteroatoms. The second kappa shape index (κ2) is 8.85. The van der Waals surface area contributed by atoms with Gasteiger partial charge in [0.05, 0.1) is 9.21 Å². The van der Waals surface area contributed by atoms with E-state index in [1.165, 1.54) is 22.0 Å². The maximum Gasteiger partial charge on any atom is 0.261 e. The van der Waals surface area contributed by atoms with Crippen LogP contribution < -0.4 is 10.9 Å². The fraction of sp³-hybridized carbons (Fsp3) is 0.227. The minimum absolute atomic E-state index is 0.0833. The van der Waals surface area contributed by atoms with Gasteiger partial charge in [-0.15, -0.1) is 11.3 Å². The highest BCUT2D eigenvalue weighted by molar-refractivity contribution is 7.18. The van der Waals surface area contributed by atoms with Gasteiger partial charge in [-0.25, -0.2) is 0 Å². The summed E-state index contributed by atoms with van der Waals surface area (Å²) in [4.78, 5) is 39.6. The van der Waals surface area contributed by atoms with Gasteiger partial charge in [0, 0.05) is 42.6 Å². The Hall–Kier alpha value is -2.90. The Morgan fingerprint density at radius 2 is 1.87 bits per heavy atom. The molecule has 1 unspecified atom stereocenters. The summed E-state index contributed by atoms with van der Waals surface area (Å²) in [5.41, 5.74) is 1.13. The number of halogens is 1. The number of nitrogens with one attached hydrogen (secondary N) is 1. The molecular formula is C22H20ClN3O3S. The van der Waals surface area contributed by atoms with E-state index < -0.39 is 0 Å². The van der Waals surface area contributed by atoms with Crippen LogP contribution in [-0.2, 0) is 0 Å². The van der Waals surface area contributed by atoms with Crippen LogP contribution >= 0.6 is 22.9 Å². The van der Waals surface area contributed by atoms with Gasteiger partial charge in [-0.1, -0.05) is 17.7 Å². The number of amides is 2. The van der Waals surface area contributed by atoms with E-state index in [9.17, 15) is 14.4 Å². The van der Waals surface area contributed by atoms with Crippen molar-refractivity contribution in [3.63, 3.8) is 0 Å². The molecule has 30 heavy (non-hydrogen) atoms. The predicted octanol–water partition coefficient (Wildman–Crippen LogP) is 3.59. The molecule has 0 bridgehead atoms. The quantitative estimate of drug-likeness (QED) is 0.672. The van der Waals surface area contributed by atoms with E-state index in [4.69, 9.17) is 11.6 Å². The molecule has 0 radical (unpaired) electrons. The summed E-state index contributed by atoms with van der Waals surface area (Å²) in [5.74, 6) is -0.246. The summed E-state index contributed by atoms with van der Waals surface area (Å²) in [6.45, 7) is 1.11. The molecule has 1 saturated heterocycles. The van der Waals surface area contributed by atoms with Crippen molar-refractivity contribution in [2.45, 2.75) is 18.9 Å². The Bertz CT molecular complexity index is 1120. The van der Waals surface area contributed by atoms with Crippen LogP contribution in [0.5, 0.6) is 0 Å². The molecule has 0 aliphatic carbocycles. The normalized spacial score (nSPS) is 16.3. The lowest BCUT2D eigenvalue weighted by Gasteiger charge is -2.33. The zero-order chi connectivity index (χ0) is 21.1. The fourth-order valence-electron chi connectivity index (χ4n) is 3.56. The zero-order valence-corrected chi connectivity index (χ0v) is 17.7. The second-order valence-electron chi connectivity index (χ2n) is 7.12. The van der Waals surface area contributed by atoms with Crippen molar-refractivity contribution in [2.75, 3.05) is 13.1 Å². The first-order valence-electron chi connectivity index (χ1n) is 9.65. The average Bonchev–Trinajstić information content (AvgIpc) is 3.20. The van der Waals surface area contributed by atoms with Crippen LogP contribution in [0.3, 0.4) is 0 Å². The molecule has 0 spiro atoms. The van der Waals surface area contributed by atoms with Gasteiger partial charge in [0.1, 0.15) is 0 Å². The van der Waals surface area contributed by atoms with E-state index in [2.05, 4.69) is 5.32 Å². The number of benzene rings is 1. The number of aromatic nitrogens is 1. The number of carbonyl (C=O) groups excluding carboxylic acids is 2. The van der Waals surface area contributed by atoms with Gasteiger partial charge in [0.2, 0.25) is 0 Å². The van der Waals surface area contributed by atoms with Crippen LogP contribution in [0.25, 0.3) is 5.69 Å². The molecule has 6 nitrogen and oxygen atoms in total.